The molecule has 2 heterocycles. The highest BCUT2D eigenvalue weighted by atomic mass is 32.2. The van der Waals surface area contributed by atoms with Gasteiger partial charge in [0.05, 0.1) is 5.60 Å². The average molecular weight is 303 g/mol. The van der Waals surface area contributed by atoms with Gasteiger partial charge in [0.1, 0.15) is 5.82 Å². The van der Waals surface area contributed by atoms with Gasteiger partial charge in [-0.05, 0) is 25.3 Å². The Bertz CT molecular complexity index is 595. The lowest BCUT2D eigenvalue weighted by atomic mass is 9.99. The number of nitrogens with zero attached hydrogens (tertiary/aromatic N) is 3. The van der Waals surface area contributed by atoms with Crippen LogP contribution in [0, 0.1) is 0 Å². The molecule has 1 aliphatic heterocycles. The minimum Gasteiger partial charge on any atom is -0.385 e. The summed E-state index contributed by atoms with van der Waals surface area (Å²) >= 11 is 1.59. The molecule has 1 atom stereocenters. The number of thioether (sulfide) groups is 1. The Balaban J connectivity index is 1.72. The van der Waals surface area contributed by atoms with Gasteiger partial charge in [-0.3, -0.25) is 0 Å². The summed E-state index contributed by atoms with van der Waals surface area (Å²) in [5.74, 6) is 1.67. The minimum atomic E-state index is -0.858. The van der Waals surface area contributed by atoms with Crippen LogP contribution >= 0.6 is 11.8 Å². The van der Waals surface area contributed by atoms with Crippen LogP contribution in [0.1, 0.15) is 37.6 Å². The van der Waals surface area contributed by atoms with Crippen molar-refractivity contribution in [2.24, 2.45) is 0 Å². The average Bonchev–Trinajstić information content (AvgIpc) is 2.73. The molecule has 1 aliphatic rings. The van der Waals surface area contributed by atoms with E-state index >= 15 is 0 Å². The number of aryl methyl sites for hydroxylation is 1. The van der Waals surface area contributed by atoms with Crippen molar-refractivity contribution in [3.63, 3.8) is 0 Å². The quantitative estimate of drug-likeness (QED) is 0.882. The molecule has 0 saturated heterocycles. The first-order chi connectivity index (χ1) is 10.2. The third-order valence-electron chi connectivity index (χ3n) is 3.95. The van der Waals surface area contributed by atoms with Crippen molar-refractivity contribution >= 4 is 11.8 Å². The lowest BCUT2D eigenvalue weighted by molar-refractivity contribution is 0.0838. The molecule has 1 aromatic heterocycles. The Labute approximate surface area is 129 Å². The van der Waals surface area contributed by atoms with E-state index in [-0.39, 0.29) is 0 Å². The molecule has 0 aliphatic carbocycles. The molecule has 1 aromatic carbocycles. The Morgan fingerprint density at radius 3 is 2.81 bits per heavy atom. The van der Waals surface area contributed by atoms with Gasteiger partial charge in [0.2, 0.25) is 0 Å². The molecule has 5 heteroatoms. The predicted molar refractivity (Wildman–Crippen MR) is 84.3 cm³/mol. The molecule has 0 amide bonds. The largest absolute Gasteiger partial charge is 0.385 e. The van der Waals surface area contributed by atoms with E-state index < -0.39 is 5.60 Å². The van der Waals surface area contributed by atoms with Gasteiger partial charge in [-0.2, -0.15) is 0 Å². The second-order valence-corrected chi connectivity index (χ2v) is 6.73. The highest BCUT2D eigenvalue weighted by Gasteiger charge is 2.25. The first-order valence-electron chi connectivity index (χ1n) is 7.49. The van der Waals surface area contributed by atoms with E-state index in [1.165, 1.54) is 19.3 Å². The number of aliphatic hydroxyl groups is 1. The lowest BCUT2D eigenvalue weighted by Gasteiger charge is -2.23. The van der Waals surface area contributed by atoms with Crippen molar-refractivity contribution < 1.29 is 5.11 Å². The van der Waals surface area contributed by atoms with Gasteiger partial charge >= 0.3 is 0 Å². The highest BCUT2D eigenvalue weighted by Crippen LogP contribution is 2.29. The van der Waals surface area contributed by atoms with Gasteiger partial charge in [0.25, 0.3) is 0 Å². The Kier molecular flexibility index (Phi) is 4.31. The van der Waals surface area contributed by atoms with E-state index in [2.05, 4.69) is 14.8 Å². The van der Waals surface area contributed by atoms with Crippen molar-refractivity contribution in [2.75, 3.05) is 5.75 Å². The zero-order valence-corrected chi connectivity index (χ0v) is 13.1. The monoisotopic (exact) mass is 303 g/mol. The lowest BCUT2D eigenvalue weighted by Crippen LogP contribution is -2.24. The summed E-state index contributed by atoms with van der Waals surface area (Å²) in [7, 11) is 0. The Morgan fingerprint density at radius 1 is 1.19 bits per heavy atom. The molecule has 3 rings (SSSR count). The fourth-order valence-electron chi connectivity index (χ4n) is 2.65. The summed E-state index contributed by atoms with van der Waals surface area (Å²) in [5.41, 5.74) is 0.0800. The molecular formula is C16H21N3OS. The summed E-state index contributed by atoms with van der Waals surface area (Å²) in [5, 5.41) is 20.2. The fraction of sp³-hybridized carbons (Fsp3) is 0.500. The van der Waals surface area contributed by atoms with Crippen molar-refractivity contribution in [3.05, 3.63) is 41.7 Å². The van der Waals surface area contributed by atoms with E-state index in [0.29, 0.717) is 5.75 Å². The number of aromatic nitrogens is 3. The first kappa shape index (κ1) is 14.6. The molecule has 4 nitrogen and oxygen atoms in total. The van der Waals surface area contributed by atoms with Crippen molar-refractivity contribution in [1.82, 2.24) is 14.8 Å². The van der Waals surface area contributed by atoms with Crippen molar-refractivity contribution in [2.45, 2.75) is 49.9 Å². The van der Waals surface area contributed by atoms with Gasteiger partial charge in [-0.1, -0.05) is 48.5 Å². The van der Waals surface area contributed by atoms with Crippen LogP contribution in [0.5, 0.6) is 0 Å². The molecule has 1 unspecified atom stereocenters. The molecule has 0 spiro atoms. The predicted octanol–water partition coefficient (Wildman–Crippen LogP) is 3.00. The third-order valence-corrected chi connectivity index (χ3v) is 5.22. The molecule has 0 bridgehead atoms. The maximum atomic E-state index is 10.7. The summed E-state index contributed by atoms with van der Waals surface area (Å²) < 4.78 is 2.22. The maximum Gasteiger partial charge on any atom is 0.191 e. The van der Waals surface area contributed by atoms with E-state index in [0.717, 1.165) is 29.5 Å². The zero-order valence-electron chi connectivity index (χ0n) is 12.3. The zero-order chi connectivity index (χ0) is 14.7. The minimum absolute atomic E-state index is 0.579. The number of benzene rings is 1. The normalized spacial score (nSPS) is 17.8. The molecule has 0 radical (unpaired) electrons. The molecule has 2 aromatic rings. The second-order valence-electron chi connectivity index (χ2n) is 5.79. The van der Waals surface area contributed by atoms with E-state index in [1.54, 1.807) is 11.8 Å². The van der Waals surface area contributed by atoms with Gasteiger partial charge in [0.15, 0.2) is 5.16 Å². The fourth-order valence-corrected chi connectivity index (χ4v) is 3.68. The summed E-state index contributed by atoms with van der Waals surface area (Å²) in [6.07, 6.45) is 4.66. The van der Waals surface area contributed by atoms with Crippen LogP contribution in [0.4, 0.5) is 0 Å². The van der Waals surface area contributed by atoms with Gasteiger partial charge in [-0.15, -0.1) is 10.2 Å². The summed E-state index contributed by atoms with van der Waals surface area (Å²) in [6.45, 7) is 2.85. The van der Waals surface area contributed by atoms with Crippen molar-refractivity contribution in [3.8, 4) is 0 Å². The Morgan fingerprint density at radius 2 is 2.00 bits per heavy atom. The highest BCUT2D eigenvalue weighted by molar-refractivity contribution is 7.99. The number of hydrogen-bond donors (Lipinski definition) is 1. The van der Waals surface area contributed by atoms with E-state index in [9.17, 15) is 5.11 Å². The SMILES string of the molecule is CC(O)(CSc1nnc2n1CCCCC2)c1ccccc1. The van der Waals surface area contributed by atoms with Crippen LogP contribution in [0.25, 0.3) is 0 Å². The van der Waals surface area contributed by atoms with Crippen molar-refractivity contribution in [1.29, 1.82) is 0 Å². The van der Waals surface area contributed by atoms with Gasteiger partial charge < -0.3 is 9.67 Å². The van der Waals surface area contributed by atoms with Crippen LogP contribution < -0.4 is 0 Å². The summed E-state index contributed by atoms with van der Waals surface area (Å²) in [4.78, 5) is 0. The van der Waals surface area contributed by atoms with E-state index in [4.69, 9.17) is 0 Å². The van der Waals surface area contributed by atoms with Gasteiger partial charge in [0, 0.05) is 18.7 Å². The van der Waals surface area contributed by atoms with Crippen LogP contribution in [0.2, 0.25) is 0 Å². The molecule has 0 fully saturated rings. The molecular weight excluding hydrogens is 282 g/mol. The summed E-state index contributed by atoms with van der Waals surface area (Å²) in [6, 6.07) is 9.80. The second kappa shape index (κ2) is 6.20. The first-order valence-corrected chi connectivity index (χ1v) is 8.48. The Hall–Kier alpha value is -1.33. The van der Waals surface area contributed by atoms with Crippen LogP contribution in [-0.4, -0.2) is 25.6 Å². The smallest absolute Gasteiger partial charge is 0.191 e. The topological polar surface area (TPSA) is 50.9 Å². The molecule has 112 valence electrons. The van der Waals surface area contributed by atoms with E-state index in [1.807, 2.05) is 37.3 Å². The maximum absolute atomic E-state index is 10.7. The number of rotatable bonds is 4. The van der Waals surface area contributed by atoms with Crippen LogP contribution in [0.3, 0.4) is 0 Å². The molecule has 1 N–H and O–H groups in total. The third kappa shape index (κ3) is 3.30. The van der Waals surface area contributed by atoms with Crippen LogP contribution in [-0.2, 0) is 18.6 Å². The van der Waals surface area contributed by atoms with Crippen LogP contribution in [0.15, 0.2) is 35.5 Å². The van der Waals surface area contributed by atoms with Gasteiger partial charge in [-0.25, -0.2) is 0 Å². The standard InChI is InChI=1S/C16H21N3OS/c1-16(20,13-8-4-2-5-9-13)12-21-15-18-17-14-10-6-3-7-11-19(14)15/h2,4-5,8-9,20H,3,6-7,10-12H2,1H3. The number of fused-ring (bicyclic) bond motifs is 1. The molecule has 0 saturated carbocycles. The molecule has 21 heavy (non-hydrogen) atoms. The number of hydrogen-bond acceptors (Lipinski definition) is 4.